The van der Waals surface area contributed by atoms with Gasteiger partial charge in [-0.2, -0.15) is 0 Å². The van der Waals surface area contributed by atoms with Crippen LogP contribution in [-0.2, 0) is 4.74 Å². The Hall–Kier alpha value is -2.87. The number of rotatable bonds is 5. The number of ether oxygens (including phenoxy) is 1. The summed E-state index contributed by atoms with van der Waals surface area (Å²) in [5.74, 6) is -1.61. The van der Waals surface area contributed by atoms with Crippen molar-refractivity contribution in [2.45, 2.75) is 13.8 Å². The molecule has 160 valence electrons. The Bertz CT molecular complexity index is 1190. The minimum Gasteiger partial charge on any atom is -0.465 e. The van der Waals surface area contributed by atoms with E-state index in [0.717, 1.165) is 16.9 Å². The summed E-state index contributed by atoms with van der Waals surface area (Å²) in [5.41, 5.74) is 2.13. The SMILES string of the molecule is COC(=O)c1c(NC(=O)c2ccccc2Cl)sc(C(=O)Nc2ccc(C)c(Cl)c2)c1C. The first-order chi connectivity index (χ1) is 14.7. The number of nitrogens with one attached hydrogen (secondary N) is 2. The van der Waals surface area contributed by atoms with Gasteiger partial charge in [0.25, 0.3) is 11.8 Å². The normalized spacial score (nSPS) is 10.5. The summed E-state index contributed by atoms with van der Waals surface area (Å²) in [6.45, 7) is 3.47. The Kier molecular flexibility index (Phi) is 7.00. The van der Waals surface area contributed by atoms with Gasteiger partial charge in [-0.15, -0.1) is 11.3 Å². The van der Waals surface area contributed by atoms with E-state index in [0.29, 0.717) is 16.3 Å². The molecule has 2 N–H and O–H groups in total. The molecule has 2 amide bonds. The third-order valence-corrected chi connectivity index (χ3v) is 6.46. The van der Waals surface area contributed by atoms with Gasteiger partial charge in [0.15, 0.2) is 0 Å². The number of anilines is 2. The molecule has 0 aliphatic carbocycles. The number of amides is 2. The van der Waals surface area contributed by atoms with Crippen molar-refractivity contribution in [3.05, 3.63) is 79.6 Å². The van der Waals surface area contributed by atoms with Crippen LogP contribution < -0.4 is 10.6 Å². The number of hydrogen-bond acceptors (Lipinski definition) is 5. The number of aryl methyl sites for hydroxylation is 1. The quantitative estimate of drug-likeness (QED) is 0.444. The number of carbonyl (C=O) groups excluding carboxylic acids is 3. The van der Waals surface area contributed by atoms with Crippen LogP contribution in [0.4, 0.5) is 10.7 Å². The molecule has 0 saturated heterocycles. The number of esters is 1. The van der Waals surface area contributed by atoms with E-state index >= 15 is 0 Å². The molecular formula is C22H18Cl2N2O4S. The maximum atomic E-state index is 12.9. The molecule has 3 aromatic rings. The van der Waals surface area contributed by atoms with Crippen LogP contribution in [0.15, 0.2) is 42.5 Å². The van der Waals surface area contributed by atoms with E-state index in [-0.39, 0.29) is 26.0 Å². The van der Waals surface area contributed by atoms with Crippen LogP contribution in [0.3, 0.4) is 0 Å². The van der Waals surface area contributed by atoms with Crippen LogP contribution in [0.25, 0.3) is 0 Å². The highest BCUT2D eigenvalue weighted by molar-refractivity contribution is 7.19. The van der Waals surface area contributed by atoms with E-state index in [1.54, 1.807) is 49.4 Å². The minimum absolute atomic E-state index is 0.111. The van der Waals surface area contributed by atoms with E-state index in [1.807, 2.05) is 6.92 Å². The van der Waals surface area contributed by atoms with Crippen LogP contribution in [0.2, 0.25) is 10.0 Å². The number of halogens is 2. The van der Waals surface area contributed by atoms with Gasteiger partial charge in [0, 0.05) is 10.7 Å². The van der Waals surface area contributed by atoms with Crippen molar-refractivity contribution in [3.63, 3.8) is 0 Å². The van der Waals surface area contributed by atoms with E-state index in [9.17, 15) is 14.4 Å². The lowest BCUT2D eigenvalue weighted by molar-refractivity contribution is 0.0601. The number of benzene rings is 2. The first-order valence-electron chi connectivity index (χ1n) is 9.08. The Balaban J connectivity index is 1.95. The molecule has 0 atom stereocenters. The second-order valence-corrected chi connectivity index (χ2v) is 8.44. The third-order valence-electron chi connectivity index (χ3n) is 4.52. The molecule has 0 aliphatic heterocycles. The highest BCUT2D eigenvalue weighted by atomic mass is 35.5. The zero-order valence-corrected chi connectivity index (χ0v) is 19.2. The average molecular weight is 477 g/mol. The molecule has 3 rings (SSSR count). The van der Waals surface area contributed by atoms with Crippen LogP contribution in [0.5, 0.6) is 0 Å². The van der Waals surface area contributed by atoms with Gasteiger partial charge in [-0.25, -0.2) is 4.79 Å². The van der Waals surface area contributed by atoms with Crippen molar-refractivity contribution in [2.75, 3.05) is 17.7 Å². The van der Waals surface area contributed by atoms with E-state index in [2.05, 4.69) is 10.6 Å². The predicted molar refractivity (Wildman–Crippen MR) is 124 cm³/mol. The fourth-order valence-corrected chi connectivity index (χ4v) is 4.33. The first-order valence-corrected chi connectivity index (χ1v) is 10.6. The zero-order chi connectivity index (χ0) is 22.7. The average Bonchev–Trinajstić information content (AvgIpc) is 3.06. The lowest BCUT2D eigenvalue weighted by Crippen LogP contribution is -2.14. The summed E-state index contributed by atoms with van der Waals surface area (Å²) >= 11 is 13.2. The van der Waals surface area contributed by atoms with Gasteiger partial charge < -0.3 is 15.4 Å². The smallest absolute Gasteiger partial charge is 0.341 e. The Morgan fingerprint density at radius 2 is 1.65 bits per heavy atom. The summed E-state index contributed by atoms with van der Waals surface area (Å²) in [5, 5.41) is 6.41. The van der Waals surface area contributed by atoms with Gasteiger partial charge in [-0.1, -0.05) is 41.4 Å². The molecule has 31 heavy (non-hydrogen) atoms. The Morgan fingerprint density at radius 1 is 0.935 bits per heavy atom. The van der Waals surface area contributed by atoms with Crippen LogP contribution >= 0.6 is 34.5 Å². The number of hydrogen-bond donors (Lipinski definition) is 2. The second-order valence-electron chi connectivity index (χ2n) is 6.60. The van der Waals surface area contributed by atoms with Gasteiger partial charge in [0.2, 0.25) is 0 Å². The molecule has 0 aliphatic rings. The Morgan fingerprint density at radius 3 is 2.29 bits per heavy atom. The fraction of sp³-hybridized carbons (Fsp3) is 0.136. The van der Waals surface area contributed by atoms with Crippen LogP contribution in [-0.4, -0.2) is 24.9 Å². The molecule has 9 heteroatoms. The highest BCUT2D eigenvalue weighted by Crippen LogP contribution is 2.35. The number of carbonyl (C=O) groups is 3. The van der Waals surface area contributed by atoms with E-state index in [1.165, 1.54) is 7.11 Å². The zero-order valence-electron chi connectivity index (χ0n) is 16.8. The molecule has 1 aromatic heterocycles. The minimum atomic E-state index is -0.666. The third kappa shape index (κ3) is 4.90. The molecule has 0 unspecified atom stereocenters. The maximum Gasteiger partial charge on any atom is 0.341 e. The summed E-state index contributed by atoms with van der Waals surface area (Å²) in [7, 11) is 1.23. The number of thiophene rings is 1. The molecule has 0 radical (unpaired) electrons. The highest BCUT2D eigenvalue weighted by Gasteiger charge is 2.27. The van der Waals surface area contributed by atoms with Gasteiger partial charge in [0.05, 0.1) is 28.1 Å². The monoisotopic (exact) mass is 476 g/mol. The molecule has 6 nitrogen and oxygen atoms in total. The summed E-state index contributed by atoms with van der Waals surface area (Å²) < 4.78 is 4.85. The van der Waals surface area contributed by atoms with Gasteiger partial charge in [-0.05, 0) is 49.2 Å². The lowest BCUT2D eigenvalue weighted by atomic mass is 10.1. The largest absolute Gasteiger partial charge is 0.465 e. The maximum absolute atomic E-state index is 12.9. The second kappa shape index (κ2) is 9.51. The summed E-state index contributed by atoms with van der Waals surface area (Å²) in [4.78, 5) is 38.2. The number of methoxy groups -OCH3 is 1. The molecule has 2 aromatic carbocycles. The molecule has 0 saturated carbocycles. The van der Waals surface area contributed by atoms with Gasteiger partial charge in [-0.3, -0.25) is 9.59 Å². The van der Waals surface area contributed by atoms with Crippen LogP contribution in [0.1, 0.15) is 41.5 Å². The summed E-state index contributed by atoms with van der Waals surface area (Å²) in [6, 6.07) is 11.7. The standard InChI is InChI=1S/C22H18Cl2N2O4S/c1-11-8-9-13(10-16(11)24)25-20(28)18-12(2)17(22(29)30-3)21(31-18)26-19(27)14-6-4-5-7-15(14)23/h4-10H,1-3H3,(H,25,28)(H,26,27). The van der Waals surface area contributed by atoms with Gasteiger partial charge in [0.1, 0.15) is 5.00 Å². The summed E-state index contributed by atoms with van der Waals surface area (Å²) in [6.07, 6.45) is 0. The van der Waals surface area contributed by atoms with Crippen molar-refractivity contribution in [2.24, 2.45) is 0 Å². The van der Waals surface area contributed by atoms with Crippen LogP contribution in [0, 0.1) is 13.8 Å². The topological polar surface area (TPSA) is 84.5 Å². The van der Waals surface area contributed by atoms with Crippen molar-refractivity contribution in [3.8, 4) is 0 Å². The van der Waals surface area contributed by atoms with Crippen molar-refractivity contribution >= 4 is 63.0 Å². The molecule has 1 heterocycles. The lowest BCUT2D eigenvalue weighted by Gasteiger charge is -2.07. The van der Waals surface area contributed by atoms with Crippen molar-refractivity contribution in [1.29, 1.82) is 0 Å². The molecule has 0 spiro atoms. The predicted octanol–water partition coefficient (Wildman–Crippen LogP) is 5.96. The first kappa shape index (κ1) is 22.8. The van der Waals surface area contributed by atoms with Crippen molar-refractivity contribution in [1.82, 2.24) is 0 Å². The van der Waals surface area contributed by atoms with Crippen molar-refractivity contribution < 1.29 is 19.1 Å². The molecule has 0 fully saturated rings. The Labute approximate surface area is 193 Å². The van der Waals surface area contributed by atoms with Gasteiger partial charge >= 0.3 is 5.97 Å². The molecular weight excluding hydrogens is 459 g/mol. The van der Waals surface area contributed by atoms with E-state index < -0.39 is 17.8 Å². The fourth-order valence-electron chi connectivity index (χ4n) is 2.84. The van der Waals surface area contributed by atoms with E-state index in [4.69, 9.17) is 27.9 Å². The molecule has 0 bridgehead atoms.